The van der Waals surface area contributed by atoms with E-state index in [1.54, 1.807) is 24.3 Å². The number of nitrogens with zero attached hydrogens (tertiary/aromatic N) is 1. The third-order valence-electron chi connectivity index (χ3n) is 1.74. The van der Waals surface area contributed by atoms with Crippen LogP contribution in [-0.2, 0) is 11.3 Å². The molecule has 3 nitrogen and oxygen atoms in total. The number of halogens is 1. The van der Waals surface area contributed by atoms with Crippen molar-refractivity contribution in [1.29, 1.82) is 0 Å². The lowest BCUT2D eigenvalue weighted by Gasteiger charge is -2.19. The third-order valence-corrected chi connectivity index (χ3v) is 2.81. The van der Waals surface area contributed by atoms with Crippen molar-refractivity contribution in [3.05, 3.63) is 29.3 Å². The van der Waals surface area contributed by atoms with Gasteiger partial charge in [0.2, 0.25) is 0 Å². The quantitative estimate of drug-likeness (QED) is 0.813. The van der Waals surface area contributed by atoms with Crippen LogP contribution in [0.25, 0.3) is 0 Å². The maximum Gasteiger partial charge on any atom is 0.261 e. The molecule has 0 aliphatic heterocycles. The van der Waals surface area contributed by atoms with Gasteiger partial charge in [0.05, 0.1) is 10.7 Å². The second-order valence-corrected chi connectivity index (χ2v) is 4.09. The summed E-state index contributed by atoms with van der Waals surface area (Å²) in [4.78, 5) is 0. The molecule has 0 bridgehead atoms. The van der Waals surface area contributed by atoms with Gasteiger partial charge in [0.15, 0.2) is 0 Å². The van der Waals surface area contributed by atoms with Crippen LogP contribution < -0.4 is 4.31 Å². The monoisotopic (exact) mass is 233 g/mol. The summed E-state index contributed by atoms with van der Waals surface area (Å²) in [6.07, 6.45) is 0.789. The van der Waals surface area contributed by atoms with Crippen LogP contribution in [0.1, 0.15) is 13.3 Å². The van der Waals surface area contributed by atoms with E-state index >= 15 is 0 Å². The van der Waals surface area contributed by atoms with Gasteiger partial charge in [0.1, 0.15) is 0 Å². The van der Waals surface area contributed by atoms with E-state index in [9.17, 15) is 4.21 Å². The largest absolute Gasteiger partial charge is 0.289 e. The highest BCUT2D eigenvalue weighted by atomic mass is 35.5. The van der Waals surface area contributed by atoms with Crippen LogP contribution in [0.4, 0.5) is 5.69 Å². The molecule has 1 atom stereocenters. The lowest BCUT2D eigenvalue weighted by molar-refractivity contribution is 0.558. The summed E-state index contributed by atoms with van der Waals surface area (Å²) in [6.45, 7) is 2.45. The summed E-state index contributed by atoms with van der Waals surface area (Å²) in [7, 11) is 0. The van der Waals surface area contributed by atoms with Crippen LogP contribution in [0.3, 0.4) is 0 Å². The average Bonchev–Trinajstić information content (AvgIpc) is 2.15. The predicted molar refractivity (Wildman–Crippen MR) is 59.9 cm³/mol. The normalized spacial score (nSPS) is 12.5. The third kappa shape index (κ3) is 2.70. The van der Waals surface area contributed by atoms with Crippen LogP contribution in [0.5, 0.6) is 0 Å². The molecule has 0 spiro atoms. The van der Waals surface area contributed by atoms with E-state index in [0.717, 1.165) is 6.42 Å². The summed E-state index contributed by atoms with van der Waals surface area (Å²) in [5, 5.41) is 0.489. The lowest BCUT2D eigenvalue weighted by atomic mass is 10.3. The molecule has 1 rings (SSSR count). The first-order valence-corrected chi connectivity index (χ1v) is 5.74. The van der Waals surface area contributed by atoms with E-state index in [2.05, 4.69) is 0 Å². The first kappa shape index (κ1) is 11.5. The van der Waals surface area contributed by atoms with Crippen molar-refractivity contribution in [1.82, 2.24) is 0 Å². The van der Waals surface area contributed by atoms with Gasteiger partial charge >= 0.3 is 0 Å². The molecule has 0 heterocycles. The Balaban J connectivity index is 2.99. The molecule has 1 N–H and O–H groups in total. The van der Waals surface area contributed by atoms with E-state index in [4.69, 9.17) is 16.2 Å². The SMILES string of the molecule is CCCN(c1ccccc1Cl)S(=O)O. The van der Waals surface area contributed by atoms with Gasteiger partial charge in [-0.1, -0.05) is 30.7 Å². The van der Waals surface area contributed by atoms with Crippen molar-refractivity contribution in [2.24, 2.45) is 0 Å². The number of hydrogen-bond acceptors (Lipinski definition) is 1. The van der Waals surface area contributed by atoms with Crippen molar-refractivity contribution in [3.8, 4) is 0 Å². The Morgan fingerprint density at radius 3 is 2.64 bits per heavy atom. The molecule has 1 aromatic carbocycles. The van der Waals surface area contributed by atoms with Gasteiger partial charge in [0.25, 0.3) is 11.3 Å². The summed E-state index contributed by atoms with van der Waals surface area (Å²) in [6, 6.07) is 7.01. The minimum atomic E-state index is -2.02. The molecular formula is C9H12ClNO2S. The molecule has 14 heavy (non-hydrogen) atoms. The Kier molecular flexibility index (Phi) is 4.38. The number of para-hydroxylation sites is 1. The molecule has 0 aliphatic carbocycles. The van der Waals surface area contributed by atoms with Crippen molar-refractivity contribution in [2.45, 2.75) is 13.3 Å². The fourth-order valence-electron chi connectivity index (χ4n) is 1.14. The first-order chi connectivity index (χ1) is 6.66. The zero-order valence-corrected chi connectivity index (χ0v) is 9.38. The molecule has 1 aromatic rings. The summed E-state index contributed by atoms with van der Waals surface area (Å²) in [5.74, 6) is 0. The Labute approximate surface area is 91.1 Å². The topological polar surface area (TPSA) is 40.5 Å². The van der Waals surface area contributed by atoms with Crippen LogP contribution in [-0.4, -0.2) is 15.3 Å². The van der Waals surface area contributed by atoms with Crippen LogP contribution >= 0.6 is 11.6 Å². The van der Waals surface area contributed by atoms with E-state index in [0.29, 0.717) is 17.3 Å². The Hall–Kier alpha value is -0.580. The summed E-state index contributed by atoms with van der Waals surface area (Å²) < 4.78 is 21.4. The smallest absolute Gasteiger partial charge is 0.261 e. The van der Waals surface area contributed by atoms with Crippen LogP contribution in [0, 0.1) is 0 Å². The van der Waals surface area contributed by atoms with Gasteiger partial charge in [-0.2, -0.15) is 0 Å². The van der Waals surface area contributed by atoms with E-state index in [-0.39, 0.29) is 0 Å². The number of benzene rings is 1. The zero-order valence-electron chi connectivity index (χ0n) is 7.81. The van der Waals surface area contributed by atoms with Crippen molar-refractivity contribution < 1.29 is 8.76 Å². The number of rotatable bonds is 4. The minimum Gasteiger partial charge on any atom is -0.289 e. The van der Waals surface area contributed by atoms with Gasteiger partial charge in [-0.05, 0) is 18.6 Å². The molecular weight excluding hydrogens is 222 g/mol. The highest BCUT2D eigenvalue weighted by molar-refractivity contribution is 7.80. The van der Waals surface area contributed by atoms with Crippen molar-refractivity contribution in [3.63, 3.8) is 0 Å². The average molecular weight is 234 g/mol. The molecule has 1 unspecified atom stereocenters. The second kappa shape index (κ2) is 5.34. The molecule has 0 saturated carbocycles. The summed E-state index contributed by atoms with van der Waals surface area (Å²) >= 11 is 3.90. The molecule has 0 amide bonds. The molecule has 0 radical (unpaired) electrons. The Morgan fingerprint density at radius 1 is 1.50 bits per heavy atom. The highest BCUT2D eigenvalue weighted by Crippen LogP contribution is 2.25. The van der Waals surface area contributed by atoms with Crippen molar-refractivity contribution >= 4 is 28.6 Å². The molecule has 0 fully saturated rings. The first-order valence-electron chi connectivity index (χ1n) is 4.30. The van der Waals surface area contributed by atoms with Crippen LogP contribution in [0.2, 0.25) is 5.02 Å². The van der Waals surface area contributed by atoms with E-state index < -0.39 is 11.3 Å². The number of hydrogen-bond donors (Lipinski definition) is 1. The van der Waals surface area contributed by atoms with Gasteiger partial charge in [-0.3, -0.25) is 8.86 Å². The van der Waals surface area contributed by atoms with Gasteiger partial charge in [0, 0.05) is 6.54 Å². The van der Waals surface area contributed by atoms with Gasteiger partial charge in [-0.15, -0.1) is 0 Å². The Morgan fingerprint density at radius 2 is 2.14 bits per heavy atom. The second-order valence-electron chi connectivity index (χ2n) is 2.78. The molecule has 5 heteroatoms. The molecule has 78 valence electrons. The molecule has 0 aromatic heterocycles. The maximum absolute atomic E-state index is 11.0. The van der Waals surface area contributed by atoms with E-state index in [1.807, 2.05) is 6.92 Å². The summed E-state index contributed by atoms with van der Waals surface area (Å²) in [5.41, 5.74) is 0.594. The fourth-order valence-corrected chi connectivity index (χ4v) is 2.09. The van der Waals surface area contributed by atoms with Gasteiger partial charge in [-0.25, -0.2) is 4.21 Å². The molecule has 0 aliphatic rings. The van der Waals surface area contributed by atoms with Crippen molar-refractivity contribution in [2.75, 3.05) is 10.8 Å². The van der Waals surface area contributed by atoms with E-state index in [1.165, 1.54) is 4.31 Å². The Bertz CT molecular complexity index is 332. The minimum absolute atomic E-state index is 0.489. The maximum atomic E-state index is 11.0. The predicted octanol–water partition coefficient (Wildman–Crippen LogP) is 2.69. The fraction of sp³-hybridized carbons (Fsp3) is 0.333. The van der Waals surface area contributed by atoms with Gasteiger partial charge < -0.3 is 0 Å². The lowest BCUT2D eigenvalue weighted by Crippen LogP contribution is -2.26. The molecule has 0 saturated heterocycles. The standard InChI is InChI=1S/C9H12ClNO2S/c1-2-7-11(14(12)13)9-6-4-3-5-8(9)10/h3-6H,2,7H2,1H3,(H,12,13). The van der Waals surface area contributed by atoms with Crippen LogP contribution in [0.15, 0.2) is 24.3 Å². The highest BCUT2D eigenvalue weighted by Gasteiger charge is 2.13. The zero-order chi connectivity index (χ0) is 10.6. The number of anilines is 1.